The summed E-state index contributed by atoms with van der Waals surface area (Å²) in [5, 5.41) is 15.7. The van der Waals surface area contributed by atoms with Crippen LogP contribution in [0.3, 0.4) is 0 Å². The van der Waals surface area contributed by atoms with Crippen molar-refractivity contribution in [3.8, 4) is 0 Å². The maximum atomic E-state index is 11.5. The lowest BCUT2D eigenvalue weighted by Crippen LogP contribution is -2.39. The maximum absolute atomic E-state index is 11.5. The molecule has 2 N–H and O–H groups in total. The summed E-state index contributed by atoms with van der Waals surface area (Å²) >= 11 is 0. The van der Waals surface area contributed by atoms with E-state index in [1.54, 1.807) is 6.07 Å². The first-order valence-electron chi connectivity index (χ1n) is 6.38. The van der Waals surface area contributed by atoms with Gasteiger partial charge in [-0.3, -0.25) is 19.7 Å². The zero-order chi connectivity index (χ0) is 15.8. The highest BCUT2D eigenvalue weighted by molar-refractivity contribution is 5.94. The van der Waals surface area contributed by atoms with Gasteiger partial charge in [0.25, 0.3) is 5.69 Å². The molecule has 0 saturated carbocycles. The number of nitro benzene ring substituents is 1. The lowest BCUT2D eigenvalue weighted by atomic mass is 10.2. The number of nitro groups is 1. The Kier molecular flexibility index (Phi) is 6.06. The number of nitrogens with one attached hydrogen (secondary N) is 2. The third kappa shape index (κ3) is 6.33. The van der Waals surface area contributed by atoms with Crippen molar-refractivity contribution in [1.82, 2.24) is 10.6 Å². The van der Waals surface area contributed by atoms with E-state index in [0.717, 1.165) is 0 Å². The van der Waals surface area contributed by atoms with Crippen LogP contribution in [0.1, 0.15) is 19.4 Å². The molecule has 1 rings (SSSR count). The fraction of sp³-hybridized carbons (Fsp3) is 0.286. The molecule has 0 aliphatic rings. The van der Waals surface area contributed by atoms with E-state index in [9.17, 15) is 19.7 Å². The van der Waals surface area contributed by atoms with Crippen molar-refractivity contribution >= 4 is 23.6 Å². The normalized spacial score (nSPS) is 10.6. The molecule has 0 aromatic heterocycles. The predicted octanol–water partition coefficient (Wildman–Crippen LogP) is 1.25. The third-order valence-corrected chi connectivity index (χ3v) is 2.38. The van der Waals surface area contributed by atoms with Crippen LogP contribution in [0.25, 0.3) is 6.08 Å². The second kappa shape index (κ2) is 7.78. The summed E-state index contributed by atoms with van der Waals surface area (Å²) in [6.45, 7) is 3.53. The minimum Gasteiger partial charge on any atom is -0.352 e. The molecule has 0 aliphatic heterocycles. The fourth-order valence-electron chi connectivity index (χ4n) is 1.51. The van der Waals surface area contributed by atoms with Gasteiger partial charge in [-0.05, 0) is 25.5 Å². The molecule has 112 valence electrons. The maximum Gasteiger partial charge on any atom is 0.270 e. The average Bonchev–Trinajstić information content (AvgIpc) is 2.42. The van der Waals surface area contributed by atoms with Crippen molar-refractivity contribution < 1.29 is 14.5 Å². The van der Waals surface area contributed by atoms with Gasteiger partial charge in [0.05, 0.1) is 11.5 Å². The quantitative estimate of drug-likeness (QED) is 0.468. The van der Waals surface area contributed by atoms with Crippen LogP contribution in [-0.4, -0.2) is 29.3 Å². The van der Waals surface area contributed by atoms with Gasteiger partial charge in [0.15, 0.2) is 0 Å². The third-order valence-electron chi connectivity index (χ3n) is 2.38. The Morgan fingerprint density at radius 3 is 2.71 bits per heavy atom. The summed E-state index contributed by atoms with van der Waals surface area (Å²) in [4.78, 5) is 32.9. The highest BCUT2D eigenvalue weighted by Gasteiger charge is 2.05. The molecule has 0 radical (unpaired) electrons. The van der Waals surface area contributed by atoms with E-state index in [-0.39, 0.29) is 24.2 Å². The number of amides is 2. The average molecular weight is 291 g/mol. The Hall–Kier alpha value is -2.70. The van der Waals surface area contributed by atoms with E-state index in [0.29, 0.717) is 5.56 Å². The minimum atomic E-state index is -0.506. The van der Waals surface area contributed by atoms with Gasteiger partial charge in [0.2, 0.25) is 11.8 Å². The van der Waals surface area contributed by atoms with Gasteiger partial charge in [-0.15, -0.1) is 0 Å². The first-order valence-corrected chi connectivity index (χ1v) is 6.38. The van der Waals surface area contributed by atoms with Crippen LogP contribution in [0.15, 0.2) is 30.3 Å². The number of nitrogens with zero attached hydrogens (tertiary/aromatic N) is 1. The molecule has 0 spiro atoms. The SMILES string of the molecule is CC(C)NC(=O)CNC(=O)/C=C/c1cccc([N+](=O)[O-])c1. The first-order chi connectivity index (χ1) is 9.88. The van der Waals surface area contributed by atoms with Gasteiger partial charge < -0.3 is 10.6 Å². The van der Waals surface area contributed by atoms with Crippen molar-refractivity contribution in [2.45, 2.75) is 19.9 Å². The van der Waals surface area contributed by atoms with E-state index >= 15 is 0 Å². The van der Waals surface area contributed by atoms with Crippen molar-refractivity contribution in [3.63, 3.8) is 0 Å². The number of rotatable bonds is 6. The Morgan fingerprint density at radius 1 is 1.38 bits per heavy atom. The predicted molar refractivity (Wildman–Crippen MR) is 78.4 cm³/mol. The standard InChI is InChI=1S/C14H17N3O4/c1-10(2)16-14(19)9-15-13(18)7-6-11-4-3-5-12(8-11)17(20)21/h3-8,10H,9H2,1-2H3,(H,15,18)(H,16,19)/b7-6+. The zero-order valence-corrected chi connectivity index (χ0v) is 11.8. The molecule has 2 amide bonds. The van der Waals surface area contributed by atoms with Crippen LogP contribution < -0.4 is 10.6 Å². The highest BCUT2D eigenvalue weighted by atomic mass is 16.6. The van der Waals surface area contributed by atoms with Gasteiger partial charge in [0.1, 0.15) is 0 Å². The van der Waals surface area contributed by atoms with Crippen LogP contribution in [0.4, 0.5) is 5.69 Å². The van der Waals surface area contributed by atoms with Crippen molar-refractivity contribution in [2.24, 2.45) is 0 Å². The van der Waals surface area contributed by atoms with Gasteiger partial charge in [0, 0.05) is 24.3 Å². The summed E-state index contributed by atoms with van der Waals surface area (Å²) < 4.78 is 0. The summed E-state index contributed by atoms with van der Waals surface area (Å²) in [5.74, 6) is -0.720. The number of non-ortho nitro benzene ring substituents is 1. The Labute approximate surface area is 122 Å². The molecule has 1 aromatic rings. The smallest absolute Gasteiger partial charge is 0.270 e. The molecule has 1 aromatic carbocycles. The molecule has 0 atom stereocenters. The van der Waals surface area contributed by atoms with Crippen LogP contribution in [0.5, 0.6) is 0 Å². The molecule has 0 fully saturated rings. The Morgan fingerprint density at radius 2 is 2.10 bits per heavy atom. The summed E-state index contributed by atoms with van der Waals surface area (Å²) in [6, 6.07) is 5.91. The molecule has 0 unspecified atom stereocenters. The number of hydrogen-bond donors (Lipinski definition) is 2. The number of hydrogen-bond acceptors (Lipinski definition) is 4. The molecular weight excluding hydrogens is 274 g/mol. The molecule has 0 bridgehead atoms. The van der Waals surface area contributed by atoms with E-state index in [4.69, 9.17) is 0 Å². The summed E-state index contributed by atoms with van der Waals surface area (Å²) in [6.07, 6.45) is 2.67. The number of benzene rings is 1. The monoisotopic (exact) mass is 291 g/mol. The van der Waals surface area contributed by atoms with Gasteiger partial charge >= 0.3 is 0 Å². The topological polar surface area (TPSA) is 101 Å². The number of carbonyl (C=O) groups is 2. The molecule has 0 aliphatic carbocycles. The second-order valence-corrected chi connectivity index (χ2v) is 4.63. The largest absolute Gasteiger partial charge is 0.352 e. The molecule has 7 nitrogen and oxygen atoms in total. The minimum absolute atomic E-state index is 0.00909. The van der Waals surface area contributed by atoms with Crippen molar-refractivity contribution in [2.75, 3.05) is 6.54 Å². The van der Waals surface area contributed by atoms with E-state index < -0.39 is 10.8 Å². The fourth-order valence-corrected chi connectivity index (χ4v) is 1.51. The highest BCUT2D eigenvalue weighted by Crippen LogP contribution is 2.13. The van der Waals surface area contributed by atoms with Gasteiger partial charge in [-0.1, -0.05) is 12.1 Å². The van der Waals surface area contributed by atoms with E-state index in [1.807, 2.05) is 13.8 Å². The van der Waals surface area contributed by atoms with Crippen LogP contribution in [0.2, 0.25) is 0 Å². The lowest BCUT2D eigenvalue weighted by molar-refractivity contribution is -0.384. The van der Waals surface area contributed by atoms with Crippen molar-refractivity contribution in [3.05, 3.63) is 46.0 Å². The van der Waals surface area contributed by atoms with Crippen LogP contribution in [0, 0.1) is 10.1 Å². The molecule has 21 heavy (non-hydrogen) atoms. The van der Waals surface area contributed by atoms with Crippen LogP contribution >= 0.6 is 0 Å². The van der Waals surface area contributed by atoms with Gasteiger partial charge in [-0.2, -0.15) is 0 Å². The van der Waals surface area contributed by atoms with E-state index in [1.165, 1.54) is 30.4 Å². The van der Waals surface area contributed by atoms with E-state index in [2.05, 4.69) is 10.6 Å². The lowest BCUT2D eigenvalue weighted by Gasteiger charge is -2.07. The molecule has 0 saturated heterocycles. The zero-order valence-electron chi connectivity index (χ0n) is 11.8. The molecule has 0 heterocycles. The second-order valence-electron chi connectivity index (χ2n) is 4.63. The molecule has 7 heteroatoms. The Bertz CT molecular complexity index is 567. The first kappa shape index (κ1) is 16.4. The Balaban J connectivity index is 2.52. The van der Waals surface area contributed by atoms with Gasteiger partial charge in [-0.25, -0.2) is 0 Å². The van der Waals surface area contributed by atoms with Crippen molar-refractivity contribution in [1.29, 1.82) is 0 Å². The summed E-state index contributed by atoms with van der Waals surface area (Å²) in [7, 11) is 0. The molecular formula is C14H17N3O4. The van der Waals surface area contributed by atoms with Crippen LogP contribution in [-0.2, 0) is 9.59 Å². The summed E-state index contributed by atoms with van der Waals surface area (Å²) in [5.41, 5.74) is 0.486. The number of carbonyl (C=O) groups excluding carboxylic acids is 2.